The Morgan fingerprint density at radius 3 is 1.79 bits per heavy atom. The number of hydrogen-bond donors (Lipinski definition) is 8. The van der Waals surface area contributed by atoms with Gasteiger partial charge < -0.3 is 42.1 Å². The van der Waals surface area contributed by atoms with Crippen LogP contribution >= 0.6 is 0 Å². The molecule has 4 unspecified atom stereocenters. The van der Waals surface area contributed by atoms with Crippen molar-refractivity contribution in [2.24, 2.45) is 5.73 Å². The molecule has 0 saturated heterocycles. The zero-order valence-electron chi connectivity index (χ0n) is 20.2. The summed E-state index contributed by atoms with van der Waals surface area (Å²) in [5.41, 5.74) is 7.33. The molecule has 0 spiro atoms. The van der Waals surface area contributed by atoms with E-state index in [1.54, 1.807) is 30.3 Å². The Balaban J connectivity index is 2.23. The first-order chi connectivity index (χ1) is 18.0. The maximum Gasteiger partial charge on any atom is 0.328 e. The zero-order chi connectivity index (χ0) is 28.2. The van der Waals surface area contributed by atoms with Crippen LogP contribution in [0.5, 0.6) is 5.75 Å². The maximum absolute atomic E-state index is 13.2. The number of carboxylic acids is 2. The molecule has 0 aromatic heterocycles. The van der Waals surface area contributed by atoms with Crippen molar-refractivity contribution in [3.05, 3.63) is 65.7 Å². The van der Waals surface area contributed by atoms with Gasteiger partial charge in [-0.15, -0.1) is 0 Å². The van der Waals surface area contributed by atoms with Gasteiger partial charge in [0.15, 0.2) is 0 Å². The van der Waals surface area contributed by atoms with Crippen LogP contribution in [-0.4, -0.2) is 80.9 Å². The van der Waals surface area contributed by atoms with Crippen LogP contribution < -0.4 is 21.7 Å². The average Bonchev–Trinajstić information content (AvgIpc) is 2.87. The number of aromatic hydroxyl groups is 1. The summed E-state index contributed by atoms with van der Waals surface area (Å²) >= 11 is 0. The Bertz CT molecular complexity index is 1130. The number of carboxylic acid groups (broad SMARTS) is 2. The first-order valence-electron chi connectivity index (χ1n) is 11.5. The predicted octanol–water partition coefficient (Wildman–Crippen LogP) is -1.49. The molecule has 0 radical (unpaired) electrons. The summed E-state index contributed by atoms with van der Waals surface area (Å²) in [5, 5.41) is 43.6. The van der Waals surface area contributed by atoms with Gasteiger partial charge in [-0.3, -0.25) is 19.2 Å². The summed E-state index contributed by atoms with van der Waals surface area (Å²) in [6, 6.07) is 8.87. The van der Waals surface area contributed by atoms with E-state index in [0.717, 1.165) is 5.56 Å². The molecule has 0 bridgehead atoms. The van der Waals surface area contributed by atoms with Crippen LogP contribution in [0.3, 0.4) is 0 Å². The van der Waals surface area contributed by atoms with Crippen molar-refractivity contribution in [1.29, 1.82) is 0 Å². The quantitative estimate of drug-likeness (QED) is 0.141. The molecular weight excluding hydrogens is 500 g/mol. The smallest absolute Gasteiger partial charge is 0.328 e. The molecule has 0 heterocycles. The highest BCUT2D eigenvalue weighted by atomic mass is 16.4. The van der Waals surface area contributed by atoms with Crippen LogP contribution in [0, 0.1) is 0 Å². The summed E-state index contributed by atoms with van der Waals surface area (Å²) in [4.78, 5) is 61.0. The van der Waals surface area contributed by atoms with Crippen molar-refractivity contribution in [3.8, 4) is 5.75 Å². The fourth-order valence-corrected chi connectivity index (χ4v) is 3.43. The van der Waals surface area contributed by atoms with Gasteiger partial charge in [0, 0.05) is 6.42 Å². The Labute approximate surface area is 217 Å². The van der Waals surface area contributed by atoms with Gasteiger partial charge in [-0.05, 0) is 29.7 Å². The van der Waals surface area contributed by atoms with Crippen LogP contribution in [-0.2, 0) is 36.8 Å². The van der Waals surface area contributed by atoms with Gasteiger partial charge in [0.2, 0.25) is 17.7 Å². The lowest BCUT2D eigenvalue weighted by Gasteiger charge is -2.24. The van der Waals surface area contributed by atoms with Gasteiger partial charge in [0.25, 0.3) is 0 Å². The highest BCUT2D eigenvalue weighted by Gasteiger charge is 2.31. The molecule has 3 amide bonds. The lowest BCUT2D eigenvalue weighted by atomic mass is 10.0. The zero-order valence-corrected chi connectivity index (χ0v) is 20.2. The number of aliphatic hydroxyl groups is 1. The second kappa shape index (κ2) is 14.3. The second-order valence-corrected chi connectivity index (χ2v) is 8.47. The topological polar surface area (TPSA) is 228 Å². The van der Waals surface area contributed by atoms with E-state index in [-0.39, 0.29) is 18.6 Å². The van der Waals surface area contributed by atoms with Crippen molar-refractivity contribution >= 4 is 29.7 Å². The van der Waals surface area contributed by atoms with E-state index in [1.807, 2.05) is 5.32 Å². The van der Waals surface area contributed by atoms with Gasteiger partial charge in [-0.2, -0.15) is 0 Å². The van der Waals surface area contributed by atoms with Crippen molar-refractivity contribution in [3.63, 3.8) is 0 Å². The normalized spacial score (nSPS) is 13.8. The molecular formula is C25H30N4O9. The third-order valence-corrected chi connectivity index (χ3v) is 5.45. The Morgan fingerprint density at radius 2 is 1.24 bits per heavy atom. The molecule has 13 nitrogen and oxygen atoms in total. The predicted molar refractivity (Wildman–Crippen MR) is 133 cm³/mol. The number of carbonyl (C=O) groups is 5. The Hall–Kier alpha value is -4.49. The van der Waals surface area contributed by atoms with E-state index >= 15 is 0 Å². The van der Waals surface area contributed by atoms with E-state index < -0.39 is 66.9 Å². The molecule has 38 heavy (non-hydrogen) atoms. The largest absolute Gasteiger partial charge is 0.508 e. The van der Waals surface area contributed by atoms with E-state index in [1.165, 1.54) is 24.3 Å². The van der Waals surface area contributed by atoms with Crippen molar-refractivity contribution in [2.45, 2.75) is 43.4 Å². The maximum atomic E-state index is 13.2. The van der Waals surface area contributed by atoms with E-state index in [0.29, 0.717) is 5.56 Å². The standard InChI is InChI=1S/C25H30N4O9/c26-17(10-14-4-2-1-3-5-14)22(34)27-18(11-15-6-8-16(31)9-7-15)23(35)28-19(12-21(32)33)24(36)29-20(13-30)25(37)38/h1-9,17-20,30-31H,10-13,26H2,(H,27,34)(H,28,35)(H,29,36)(H,32,33)(H,37,38). The summed E-state index contributed by atoms with van der Waals surface area (Å²) in [6.07, 6.45) is -0.837. The fourth-order valence-electron chi connectivity index (χ4n) is 3.43. The number of aliphatic carboxylic acids is 2. The van der Waals surface area contributed by atoms with Gasteiger partial charge in [-0.25, -0.2) is 4.79 Å². The number of phenolic OH excluding ortho intramolecular Hbond substituents is 1. The van der Waals surface area contributed by atoms with Crippen LogP contribution in [0.25, 0.3) is 0 Å². The molecule has 2 aromatic carbocycles. The summed E-state index contributed by atoms with van der Waals surface area (Å²) in [7, 11) is 0. The first-order valence-corrected chi connectivity index (χ1v) is 11.5. The number of nitrogens with two attached hydrogens (primary N) is 1. The van der Waals surface area contributed by atoms with E-state index in [4.69, 9.17) is 15.9 Å². The fraction of sp³-hybridized carbons (Fsp3) is 0.320. The number of carbonyl (C=O) groups excluding carboxylic acids is 3. The lowest BCUT2D eigenvalue weighted by Crippen LogP contribution is -2.58. The number of aliphatic hydroxyl groups excluding tert-OH is 1. The number of rotatable bonds is 14. The number of nitrogens with one attached hydrogen (secondary N) is 3. The van der Waals surface area contributed by atoms with Crippen LogP contribution in [0.1, 0.15) is 17.5 Å². The van der Waals surface area contributed by atoms with Crippen LogP contribution in [0.15, 0.2) is 54.6 Å². The van der Waals surface area contributed by atoms with Gasteiger partial charge >= 0.3 is 11.9 Å². The van der Waals surface area contributed by atoms with Crippen molar-refractivity contribution in [2.75, 3.05) is 6.61 Å². The molecule has 0 aliphatic rings. The minimum Gasteiger partial charge on any atom is -0.508 e. The van der Waals surface area contributed by atoms with Crippen molar-refractivity contribution < 1.29 is 44.4 Å². The number of hydrogen-bond acceptors (Lipinski definition) is 8. The highest BCUT2D eigenvalue weighted by molar-refractivity contribution is 5.95. The molecule has 4 atom stereocenters. The molecule has 0 fully saturated rings. The molecule has 0 saturated carbocycles. The minimum absolute atomic E-state index is 0.0290. The summed E-state index contributed by atoms with van der Waals surface area (Å²) in [6.45, 7) is -0.965. The molecule has 0 aliphatic heterocycles. The number of phenols is 1. The molecule has 9 N–H and O–H groups in total. The highest BCUT2D eigenvalue weighted by Crippen LogP contribution is 2.12. The second-order valence-electron chi connectivity index (χ2n) is 8.47. The number of amides is 3. The minimum atomic E-state index is -1.72. The third kappa shape index (κ3) is 9.52. The summed E-state index contributed by atoms with van der Waals surface area (Å²) < 4.78 is 0. The molecule has 204 valence electrons. The molecule has 2 aromatic rings. The lowest BCUT2D eigenvalue weighted by molar-refractivity contribution is -0.144. The van der Waals surface area contributed by atoms with Gasteiger partial charge in [0.1, 0.15) is 23.9 Å². The molecule has 2 rings (SSSR count). The third-order valence-electron chi connectivity index (χ3n) is 5.45. The Morgan fingerprint density at radius 1 is 0.711 bits per heavy atom. The van der Waals surface area contributed by atoms with Crippen LogP contribution in [0.2, 0.25) is 0 Å². The van der Waals surface area contributed by atoms with Gasteiger partial charge in [0.05, 0.1) is 19.1 Å². The van der Waals surface area contributed by atoms with E-state index in [9.17, 15) is 34.2 Å². The molecule has 13 heteroatoms. The average molecular weight is 531 g/mol. The first kappa shape index (κ1) is 29.7. The Kier molecular flexibility index (Phi) is 11.2. The van der Waals surface area contributed by atoms with Gasteiger partial charge in [-0.1, -0.05) is 42.5 Å². The van der Waals surface area contributed by atoms with E-state index in [2.05, 4.69) is 10.6 Å². The summed E-state index contributed by atoms with van der Waals surface area (Å²) in [5.74, 6) is -5.83. The number of benzene rings is 2. The van der Waals surface area contributed by atoms with Crippen LogP contribution in [0.4, 0.5) is 0 Å². The SMILES string of the molecule is NC(Cc1ccccc1)C(=O)NC(Cc1ccc(O)cc1)C(=O)NC(CC(=O)O)C(=O)NC(CO)C(=O)O. The molecule has 0 aliphatic carbocycles. The van der Waals surface area contributed by atoms with Crippen molar-refractivity contribution in [1.82, 2.24) is 16.0 Å². The monoisotopic (exact) mass is 530 g/mol.